The Labute approximate surface area is 118 Å². The second kappa shape index (κ2) is 6.43. The Hall–Kier alpha value is -1.74. The summed E-state index contributed by atoms with van der Waals surface area (Å²) in [4.78, 5) is 13.5. The molecule has 0 atom stereocenters. The predicted molar refractivity (Wildman–Crippen MR) is 81.7 cm³/mol. The SMILES string of the molecule is CCCSc1ccc(C(=O)c2ccccc2N)cc1. The molecule has 98 valence electrons. The number of nitrogen functional groups attached to an aromatic ring is 1. The Balaban J connectivity index is 2.18. The van der Waals surface area contributed by atoms with Crippen LogP contribution >= 0.6 is 11.8 Å². The van der Waals surface area contributed by atoms with E-state index in [9.17, 15) is 4.79 Å². The first-order valence-electron chi connectivity index (χ1n) is 6.34. The number of nitrogens with two attached hydrogens (primary N) is 1. The first-order chi connectivity index (χ1) is 9.22. The summed E-state index contributed by atoms with van der Waals surface area (Å²) in [5.41, 5.74) is 7.60. The van der Waals surface area contributed by atoms with Crippen molar-refractivity contribution in [3.63, 3.8) is 0 Å². The molecule has 2 nitrogen and oxygen atoms in total. The molecule has 0 aliphatic rings. The summed E-state index contributed by atoms with van der Waals surface area (Å²) in [6.45, 7) is 2.16. The number of thioether (sulfide) groups is 1. The van der Waals surface area contributed by atoms with Gasteiger partial charge in [-0.25, -0.2) is 0 Å². The van der Waals surface area contributed by atoms with Crippen LogP contribution in [0, 0.1) is 0 Å². The number of para-hydroxylation sites is 1. The molecule has 0 spiro atoms. The van der Waals surface area contributed by atoms with E-state index in [1.54, 1.807) is 23.9 Å². The molecule has 19 heavy (non-hydrogen) atoms. The van der Waals surface area contributed by atoms with Crippen LogP contribution in [-0.4, -0.2) is 11.5 Å². The van der Waals surface area contributed by atoms with Gasteiger partial charge >= 0.3 is 0 Å². The topological polar surface area (TPSA) is 43.1 Å². The van der Waals surface area contributed by atoms with Crippen molar-refractivity contribution in [2.24, 2.45) is 0 Å². The van der Waals surface area contributed by atoms with Crippen molar-refractivity contribution < 1.29 is 4.79 Å². The van der Waals surface area contributed by atoms with Crippen molar-refractivity contribution in [1.82, 2.24) is 0 Å². The van der Waals surface area contributed by atoms with Crippen LogP contribution in [0.4, 0.5) is 5.69 Å². The van der Waals surface area contributed by atoms with Gasteiger partial charge < -0.3 is 5.73 Å². The highest BCUT2D eigenvalue weighted by atomic mass is 32.2. The Kier molecular flexibility index (Phi) is 4.63. The molecular formula is C16H17NOS. The number of carbonyl (C=O) groups excluding carboxylic acids is 1. The number of hydrogen-bond donors (Lipinski definition) is 1. The zero-order chi connectivity index (χ0) is 13.7. The number of hydrogen-bond acceptors (Lipinski definition) is 3. The largest absolute Gasteiger partial charge is 0.398 e. The summed E-state index contributed by atoms with van der Waals surface area (Å²) in [7, 11) is 0. The number of rotatable bonds is 5. The molecule has 0 saturated heterocycles. The summed E-state index contributed by atoms with van der Waals surface area (Å²) in [6, 6.07) is 14.9. The normalized spacial score (nSPS) is 10.4. The maximum atomic E-state index is 12.3. The lowest BCUT2D eigenvalue weighted by atomic mass is 10.0. The van der Waals surface area contributed by atoms with Crippen LogP contribution in [0.1, 0.15) is 29.3 Å². The number of anilines is 1. The van der Waals surface area contributed by atoms with Crippen LogP contribution in [0.15, 0.2) is 53.4 Å². The molecule has 0 fully saturated rings. The van der Waals surface area contributed by atoms with Gasteiger partial charge in [0, 0.05) is 21.7 Å². The summed E-state index contributed by atoms with van der Waals surface area (Å²) in [5.74, 6) is 1.07. The fourth-order valence-corrected chi connectivity index (χ4v) is 2.55. The molecule has 2 rings (SSSR count). The smallest absolute Gasteiger partial charge is 0.195 e. The van der Waals surface area contributed by atoms with E-state index in [0.29, 0.717) is 16.8 Å². The van der Waals surface area contributed by atoms with Crippen molar-refractivity contribution >= 4 is 23.2 Å². The van der Waals surface area contributed by atoms with Crippen molar-refractivity contribution in [2.45, 2.75) is 18.2 Å². The Bertz CT molecular complexity index is 563. The molecule has 0 bridgehead atoms. The van der Waals surface area contributed by atoms with Crippen molar-refractivity contribution in [1.29, 1.82) is 0 Å². The molecule has 3 heteroatoms. The van der Waals surface area contributed by atoms with E-state index < -0.39 is 0 Å². The molecule has 0 aromatic heterocycles. The van der Waals surface area contributed by atoms with Crippen LogP contribution in [0.3, 0.4) is 0 Å². The minimum absolute atomic E-state index is 0.0230. The third-order valence-electron chi connectivity index (χ3n) is 2.79. The first kappa shape index (κ1) is 13.7. The molecule has 0 unspecified atom stereocenters. The molecule has 0 radical (unpaired) electrons. The van der Waals surface area contributed by atoms with Gasteiger partial charge in [-0.05, 0) is 48.6 Å². The van der Waals surface area contributed by atoms with Gasteiger partial charge in [0.05, 0.1) is 0 Å². The molecule has 0 saturated carbocycles. The van der Waals surface area contributed by atoms with Gasteiger partial charge in [-0.15, -0.1) is 11.8 Å². The van der Waals surface area contributed by atoms with Crippen LogP contribution in [-0.2, 0) is 0 Å². The second-order valence-corrected chi connectivity index (χ2v) is 5.46. The van der Waals surface area contributed by atoms with Crippen molar-refractivity contribution in [2.75, 3.05) is 11.5 Å². The lowest BCUT2D eigenvalue weighted by Gasteiger charge is -2.05. The highest BCUT2D eigenvalue weighted by Gasteiger charge is 2.11. The minimum atomic E-state index is -0.0230. The number of benzene rings is 2. The highest BCUT2D eigenvalue weighted by molar-refractivity contribution is 7.99. The highest BCUT2D eigenvalue weighted by Crippen LogP contribution is 2.21. The summed E-state index contributed by atoms with van der Waals surface area (Å²) in [5, 5.41) is 0. The Morgan fingerprint density at radius 3 is 2.42 bits per heavy atom. The third-order valence-corrected chi connectivity index (χ3v) is 4.01. The average Bonchev–Trinajstić information content (AvgIpc) is 2.45. The lowest BCUT2D eigenvalue weighted by molar-refractivity contribution is 0.103. The van der Waals surface area contributed by atoms with Gasteiger partial charge in [0.2, 0.25) is 0 Å². The maximum Gasteiger partial charge on any atom is 0.195 e. The van der Waals surface area contributed by atoms with Crippen LogP contribution in [0.5, 0.6) is 0 Å². The molecule has 0 aliphatic heterocycles. The third kappa shape index (κ3) is 3.38. The zero-order valence-electron chi connectivity index (χ0n) is 10.9. The Morgan fingerprint density at radius 2 is 1.79 bits per heavy atom. The molecule has 0 aliphatic carbocycles. The molecule has 2 aromatic rings. The lowest BCUT2D eigenvalue weighted by Crippen LogP contribution is -2.04. The summed E-state index contributed by atoms with van der Waals surface area (Å²) in [6.07, 6.45) is 1.14. The molecule has 0 amide bonds. The molecule has 0 heterocycles. The molecular weight excluding hydrogens is 254 g/mol. The van der Waals surface area contributed by atoms with Crippen LogP contribution in [0.25, 0.3) is 0 Å². The van der Waals surface area contributed by atoms with E-state index >= 15 is 0 Å². The van der Waals surface area contributed by atoms with Gasteiger partial charge in [-0.2, -0.15) is 0 Å². The fourth-order valence-electron chi connectivity index (χ4n) is 1.78. The quantitative estimate of drug-likeness (QED) is 0.508. The zero-order valence-corrected chi connectivity index (χ0v) is 11.7. The van der Waals surface area contributed by atoms with E-state index in [0.717, 1.165) is 12.2 Å². The van der Waals surface area contributed by atoms with Crippen LogP contribution in [0.2, 0.25) is 0 Å². The van der Waals surface area contributed by atoms with E-state index in [4.69, 9.17) is 5.73 Å². The first-order valence-corrected chi connectivity index (χ1v) is 7.33. The standard InChI is InChI=1S/C16H17NOS/c1-2-11-19-13-9-7-12(8-10-13)16(18)14-5-3-4-6-15(14)17/h3-10H,2,11,17H2,1H3. The minimum Gasteiger partial charge on any atom is -0.398 e. The van der Waals surface area contributed by atoms with Crippen molar-refractivity contribution in [3.8, 4) is 0 Å². The summed E-state index contributed by atoms with van der Waals surface area (Å²) >= 11 is 1.80. The maximum absolute atomic E-state index is 12.3. The number of carbonyl (C=O) groups is 1. The molecule has 2 N–H and O–H groups in total. The van der Waals surface area contributed by atoms with Gasteiger partial charge in [0.25, 0.3) is 0 Å². The number of ketones is 1. The van der Waals surface area contributed by atoms with E-state index in [1.807, 2.05) is 36.4 Å². The van der Waals surface area contributed by atoms with E-state index in [-0.39, 0.29) is 5.78 Å². The van der Waals surface area contributed by atoms with Gasteiger partial charge in [-0.3, -0.25) is 4.79 Å². The second-order valence-electron chi connectivity index (χ2n) is 4.29. The van der Waals surface area contributed by atoms with Gasteiger partial charge in [-0.1, -0.05) is 19.1 Å². The van der Waals surface area contributed by atoms with E-state index in [2.05, 4.69) is 6.92 Å². The van der Waals surface area contributed by atoms with Gasteiger partial charge in [0.1, 0.15) is 0 Å². The monoisotopic (exact) mass is 271 g/mol. The van der Waals surface area contributed by atoms with Crippen LogP contribution < -0.4 is 5.73 Å². The summed E-state index contributed by atoms with van der Waals surface area (Å²) < 4.78 is 0. The fraction of sp³-hybridized carbons (Fsp3) is 0.188. The van der Waals surface area contributed by atoms with Gasteiger partial charge in [0.15, 0.2) is 5.78 Å². The van der Waals surface area contributed by atoms with E-state index in [1.165, 1.54) is 4.90 Å². The van der Waals surface area contributed by atoms with Crippen molar-refractivity contribution in [3.05, 3.63) is 59.7 Å². The molecule has 2 aromatic carbocycles. The Morgan fingerprint density at radius 1 is 1.11 bits per heavy atom. The predicted octanol–water partition coefficient (Wildman–Crippen LogP) is 4.00. The average molecular weight is 271 g/mol.